The zero-order valence-corrected chi connectivity index (χ0v) is 14.3. The van der Waals surface area contributed by atoms with Gasteiger partial charge in [0.25, 0.3) is 0 Å². The number of anilines is 1. The lowest BCUT2D eigenvalue weighted by Crippen LogP contribution is -2.28. The Balaban J connectivity index is 1.87. The molecule has 1 saturated heterocycles. The number of carbonyl (C=O) groups is 3. The Labute approximate surface area is 144 Å². The molecule has 1 heterocycles. The van der Waals surface area contributed by atoms with Gasteiger partial charge in [0.05, 0.1) is 13.2 Å². The van der Waals surface area contributed by atoms with E-state index in [1.807, 2.05) is 0 Å². The number of hydrogen-bond acceptors (Lipinski definition) is 6. The van der Waals surface area contributed by atoms with Crippen molar-refractivity contribution < 1.29 is 19.1 Å². The van der Waals surface area contributed by atoms with Crippen LogP contribution < -0.4 is 10.6 Å². The van der Waals surface area contributed by atoms with Gasteiger partial charge >= 0.3 is 0 Å². The van der Waals surface area contributed by atoms with Gasteiger partial charge < -0.3 is 15.4 Å². The van der Waals surface area contributed by atoms with E-state index >= 15 is 0 Å². The van der Waals surface area contributed by atoms with Crippen LogP contribution in [0.25, 0.3) is 0 Å². The number of methoxy groups -OCH3 is 1. The molecule has 1 aliphatic heterocycles. The van der Waals surface area contributed by atoms with Crippen molar-refractivity contribution in [1.82, 2.24) is 5.32 Å². The predicted molar refractivity (Wildman–Crippen MR) is 93.4 cm³/mol. The van der Waals surface area contributed by atoms with E-state index < -0.39 is 5.25 Å². The van der Waals surface area contributed by atoms with E-state index in [1.54, 1.807) is 31.4 Å². The van der Waals surface area contributed by atoms with E-state index in [4.69, 9.17) is 4.74 Å². The number of amidine groups is 1. The normalized spacial score (nSPS) is 18.5. The van der Waals surface area contributed by atoms with Gasteiger partial charge in [0, 0.05) is 24.8 Å². The van der Waals surface area contributed by atoms with E-state index in [-0.39, 0.29) is 24.0 Å². The molecule has 1 aliphatic rings. The molecular weight excluding hydrogens is 330 g/mol. The summed E-state index contributed by atoms with van der Waals surface area (Å²) in [5.41, 5.74) is 1.16. The van der Waals surface area contributed by atoms with Crippen molar-refractivity contribution >= 4 is 40.2 Å². The Hall–Kier alpha value is -2.19. The number of aliphatic imine (C=N–C) groups is 1. The fourth-order valence-corrected chi connectivity index (χ4v) is 3.02. The minimum absolute atomic E-state index is 0.0350. The summed E-state index contributed by atoms with van der Waals surface area (Å²) in [4.78, 5) is 39.3. The maximum absolute atomic E-state index is 12.1. The van der Waals surface area contributed by atoms with Crippen LogP contribution >= 0.6 is 11.8 Å². The number of ether oxygens (including phenoxy) is 1. The number of hydrogen-bond donors (Lipinski definition) is 2. The van der Waals surface area contributed by atoms with Gasteiger partial charge in [-0.25, -0.2) is 0 Å². The number of ketones is 1. The summed E-state index contributed by atoms with van der Waals surface area (Å²) in [5.74, 6) is -0.526. The van der Waals surface area contributed by atoms with Crippen LogP contribution in [-0.2, 0) is 14.3 Å². The average molecular weight is 349 g/mol. The number of Topliss-reactive ketones (excluding diaryl/α,β-unsaturated/α-hetero) is 1. The van der Waals surface area contributed by atoms with Gasteiger partial charge in [0.15, 0.2) is 11.0 Å². The Morgan fingerprint density at radius 3 is 2.67 bits per heavy atom. The third kappa shape index (κ3) is 5.17. The third-order valence-electron chi connectivity index (χ3n) is 3.27. The van der Waals surface area contributed by atoms with Gasteiger partial charge in [0.1, 0.15) is 5.25 Å². The monoisotopic (exact) mass is 349 g/mol. The second kappa shape index (κ2) is 8.60. The molecular formula is C16H19N3O4S. The van der Waals surface area contributed by atoms with Crippen molar-refractivity contribution in [2.24, 2.45) is 4.99 Å². The van der Waals surface area contributed by atoms with Crippen LogP contribution in [0, 0.1) is 0 Å². The summed E-state index contributed by atoms with van der Waals surface area (Å²) in [7, 11) is 1.58. The molecule has 0 spiro atoms. The summed E-state index contributed by atoms with van der Waals surface area (Å²) in [5, 5.41) is 5.39. The van der Waals surface area contributed by atoms with Gasteiger partial charge in [-0.15, -0.1) is 0 Å². The first kappa shape index (κ1) is 18.2. The Bertz CT molecular complexity index is 658. The summed E-state index contributed by atoms with van der Waals surface area (Å²) < 4.78 is 4.90. The van der Waals surface area contributed by atoms with Crippen LogP contribution in [-0.4, -0.2) is 48.3 Å². The van der Waals surface area contributed by atoms with Crippen molar-refractivity contribution in [2.75, 3.05) is 25.6 Å². The predicted octanol–water partition coefficient (Wildman–Crippen LogP) is 1.45. The molecule has 8 heteroatoms. The molecule has 1 aromatic rings. The molecule has 7 nitrogen and oxygen atoms in total. The van der Waals surface area contributed by atoms with Gasteiger partial charge in [-0.3, -0.25) is 19.4 Å². The zero-order valence-electron chi connectivity index (χ0n) is 13.5. The Morgan fingerprint density at radius 2 is 2.04 bits per heavy atom. The van der Waals surface area contributed by atoms with Crippen LogP contribution in [0.15, 0.2) is 29.3 Å². The molecule has 0 aliphatic carbocycles. The largest absolute Gasteiger partial charge is 0.383 e. The minimum atomic E-state index is -0.497. The highest BCUT2D eigenvalue weighted by molar-refractivity contribution is 8.15. The maximum Gasteiger partial charge on any atom is 0.240 e. The highest BCUT2D eigenvalue weighted by Gasteiger charge is 2.31. The molecule has 2 amide bonds. The van der Waals surface area contributed by atoms with Crippen LogP contribution in [0.2, 0.25) is 0 Å². The lowest BCUT2D eigenvalue weighted by molar-refractivity contribution is -0.122. The lowest BCUT2D eigenvalue weighted by atomic mass is 10.1. The van der Waals surface area contributed by atoms with E-state index in [0.29, 0.717) is 29.6 Å². The second-order valence-electron chi connectivity index (χ2n) is 5.16. The SMILES string of the molecule is COCCN=C1NC(=O)[C@H](CC(=O)Nc2ccc(C(C)=O)cc2)S1. The Kier molecular flexibility index (Phi) is 6.51. The van der Waals surface area contributed by atoms with Gasteiger partial charge in [-0.05, 0) is 31.2 Å². The molecule has 1 aromatic carbocycles. The molecule has 2 rings (SSSR count). The highest BCUT2D eigenvalue weighted by atomic mass is 32.2. The van der Waals surface area contributed by atoms with E-state index in [1.165, 1.54) is 18.7 Å². The van der Waals surface area contributed by atoms with Gasteiger partial charge in [-0.1, -0.05) is 11.8 Å². The fraction of sp³-hybridized carbons (Fsp3) is 0.375. The van der Waals surface area contributed by atoms with Crippen LogP contribution in [0.1, 0.15) is 23.7 Å². The first-order valence-corrected chi connectivity index (χ1v) is 8.29. The Morgan fingerprint density at radius 1 is 1.33 bits per heavy atom. The molecule has 0 radical (unpaired) electrons. The average Bonchev–Trinajstić information content (AvgIpc) is 2.88. The molecule has 0 bridgehead atoms. The number of carbonyl (C=O) groups excluding carboxylic acids is 3. The van der Waals surface area contributed by atoms with E-state index in [0.717, 1.165) is 0 Å². The molecule has 1 fully saturated rings. The minimum Gasteiger partial charge on any atom is -0.383 e. The fourth-order valence-electron chi connectivity index (χ4n) is 2.02. The summed E-state index contributed by atoms with van der Waals surface area (Å²) >= 11 is 1.24. The second-order valence-corrected chi connectivity index (χ2v) is 6.35. The number of benzene rings is 1. The molecule has 0 unspecified atom stereocenters. The number of nitrogens with zero attached hydrogens (tertiary/aromatic N) is 1. The van der Waals surface area contributed by atoms with Crippen molar-refractivity contribution in [2.45, 2.75) is 18.6 Å². The van der Waals surface area contributed by atoms with Crippen molar-refractivity contribution in [3.05, 3.63) is 29.8 Å². The van der Waals surface area contributed by atoms with Crippen LogP contribution in [0.3, 0.4) is 0 Å². The van der Waals surface area contributed by atoms with Crippen molar-refractivity contribution in [1.29, 1.82) is 0 Å². The summed E-state index contributed by atoms with van der Waals surface area (Å²) in [6.45, 7) is 2.41. The summed E-state index contributed by atoms with van der Waals surface area (Å²) in [6.07, 6.45) is 0.0499. The maximum atomic E-state index is 12.1. The molecule has 2 N–H and O–H groups in total. The standard InChI is InChI=1S/C16H19N3O4S/c1-10(20)11-3-5-12(6-4-11)18-14(21)9-13-15(22)19-16(24-13)17-7-8-23-2/h3-6,13H,7-9H2,1-2H3,(H,18,21)(H,17,19,22)/t13-/m0/s1. The zero-order chi connectivity index (χ0) is 17.5. The summed E-state index contributed by atoms with van der Waals surface area (Å²) in [6, 6.07) is 6.62. The van der Waals surface area contributed by atoms with Crippen molar-refractivity contribution in [3.8, 4) is 0 Å². The molecule has 1 atom stereocenters. The van der Waals surface area contributed by atoms with Crippen molar-refractivity contribution in [3.63, 3.8) is 0 Å². The smallest absolute Gasteiger partial charge is 0.240 e. The molecule has 0 aromatic heterocycles. The number of amides is 2. The number of rotatable bonds is 7. The number of nitrogens with one attached hydrogen (secondary N) is 2. The first-order chi connectivity index (χ1) is 11.5. The lowest BCUT2D eigenvalue weighted by Gasteiger charge is -2.07. The first-order valence-electron chi connectivity index (χ1n) is 7.41. The van der Waals surface area contributed by atoms with Gasteiger partial charge in [-0.2, -0.15) is 0 Å². The van der Waals surface area contributed by atoms with Crippen LogP contribution in [0.5, 0.6) is 0 Å². The molecule has 128 valence electrons. The molecule has 0 saturated carbocycles. The quantitative estimate of drug-likeness (QED) is 0.574. The highest BCUT2D eigenvalue weighted by Crippen LogP contribution is 2.23. The number of thioether (sulfide) groups is 1. The third-order valence-corrected chi connectivity index (χ3v) is 4.39. The molecule has 24 heavy (non-hydrogen) atoms. The topological polar surface area (TPSA) is 96.9 Å². The van der Waals surface area contributed by atoms with E-state index in [9.17, 15) is 14.4 Å². The van der Waals surface area contributed by atoms with Gasteiger partial charge in [0.2, 0.25) is 11.8 Å². The van der Waals surface area contributed by atoms with Crippen LogP contribution in [0.4, 0.5) is 5.69 Å². The van der Waals surface area contributed by atoms with E-state index in [2.05, 4.69) is 15.6 Å².